The summed E-state index contributed by atoms with van der Waals surface area (Å²) in [7, 11) is -2.39. The third-order valence-electron chi connectivity index (χ3n) is 4.65. The molecule has 1 aliphatic heterocycles. The molecular formula is C21H19NO7S. The van der Waals surface area contributed by atoms with E-state index >= 15 is 0 Å². The molecule has 0 atom stereocenters. The quantitative estimate of drug-likeness (QED) is 0.705. The van der Waals surface area contributed by atoms with Crippen LogP contribution in [0.15, 0.2) is 53.1 Å². The Kier molecular flexibility index (Phi) is 5.13. The van der Waals surface area contributed by atoms with Crippen molar-refractivity contribution < 1.29 is 32.2 Å². The Bertz CT molecular complexity index is 1160. The summed E-state index contributed by atoms with van der Waals surface area (Å²) in [6.07, 6.45) is 2.92. The normalized spacial score (nSPS) is 15.5. The van der Waals surface area contributed by atoms with Crippen LogP contribution in [0.4, 0.5) is 0 Å². The lowest BCUT2D eigenvalue weighted by Crippen LogP contribution is -2.19. The summed E-state index contributed by atoms with van der Waals surface area (Å²) in [4.78, 5) is 12.5. The molecule has 2 aromatic rings. The zero-order valence-corrected chi connectivity index (χ0v) is 17.1. The zero-order chi connectivity index (χ0) is 21.3. The lowest BCUT2D eigenvalue weighted by atomic mass is 10.0. The van der Waals surface area contributed by atoms with Gasteiger partial charge in [-0.2, -0.15) is 0 Å². The van der Waals surface area contributed by atoms with Gasteiger partial charge in [0.15, 0.2) is 11.5 Å². The van der Waals surface area contributed by atoms with Crippen molar-refractivity contribution in [3.8, 4) is 17.2 Å². The van der Waals surface area contributed by atoms with Gasteiger partial charge in [-0.3, -0.25) is 4.72 Å². The van der Waals surface area contributed by atoms with Crippen LogP contribution in [0.5, 0.6) is 17.2 Å². The van der Waals surface area contributed by atoms with E-state index in [-0.39, 0.29) is 23.9 Å². The van der Waals surface area contributed by atoms with Crippen LogP contribution in [-0.4, -0.2) is 34.9 Å². The van der Waals surface area contributed by atoms with E-state index in [0.717, 1.165) is 0 Å². The van der Waals surface area contributed by atoms with Crippen LogP contribution in [0.1, 0.15) is 18.1 Å². The molecule has 0 saturated carbocycles. The Morgan fingerprint density at radius 3 is 2.63 bits per heavy atom. The molecule has 0 aromatic heterocycles. The van der Waals surface area contributed by atoms with E-state index in [4.69, 9.17) is 18.9 Å². The number of sulfonamides is 1. The lowest BCUT2D eigenvalue weighted by Gasteiger charge is -2.11. The topological polar surface area (TPSA) is 100 Å². The van der Waals surface area contributed by atoms with E-state index in [1.165, 1.54) is 25.4 Å². The van der Waals surface area contributed by atoms with Gasteiger partial charge in [0.1, 0.15) is 5.75 Å². The number of carbonyl (C=O) groups is 1. The molecule has 0 spiro atoms. The van der Waals surface area contributed by atoms with E-state index in [0.29, 0.717) is 33.9 Å². The third kappa shape index (κ3) is 3.48. The number of benzene rings is 2. The molecule has 0 radical (unpaired) electrons. The molecule has 9 heteroatoms. The van der Waals surface area contributed by atoms with Gasteiger partial charge < -0.3 is 18.9 Å². The Balaban J connectivity index is 1.73. The maximum Gasteiger partial charge on any atom is 0.338 e. The molecule has 156 valence electrons. The number of nitrogens with one attached hydrogen (secondary N) is 1. The van der Waals surface area contributed by atoms with Crippen LogP contribution in [0.2, 0.25) is 0 Å². The van der Waals surface area contributed by atoms with Gasteiger partial charge in [-0.1, -0.05) is 6.07 Å². The molecule has 2 aliphatic rings. The van der Waals surface area contributed by atoms with Crippen molar-refractivity contribution in [2.75, 3.05) is 20.5 Å². The van der Waals surface area contributed by atoms with Crippen LogP contribution in [-0.2, 0) is 19.6 Å². The highest BCUT2D eigenvalue weighted by molar-refractivity contribution is 7.89. The summed E-state index contributed by atoms with van der Waals surface area (Å²) in [6.45, 7) is 1.94. The molecular weight excluding hydrogens is 410 g/mol. The summed E-state index contributed by atoms with van der Waals surface area (Å²) in [5, 5.41) is 0. The molecule has 0 fully saturated rings. The molecule has 30 heavy (non-hydrogen) atoms. The first-order chi connectivity index (χ1) is 14.4. The minimum absolute atomic E-state index is 0.0470. The Hall–Kier alpha value is -3.46. The molecule has 4 rings (SSSR count). The molecule has 0 bridgehead atoms. The minimum Gasteiger partial charge on any atom is -0.497 e. The summed E-state index contributed by atoms with van der Waals surface area (Å²) in [5.41, 5.74) is 1.86. The molecule has 1 N–H and O–H groups in total. The van der Waals surface area contributed by atoms with Crippen LogP contribution in [0.25, 0.3) is 11.6 Å². The van der Waals surface area contributed by atoms with E-state index in [1.54, 1.807) is 37.3 Å². The van der Waals surface area contributed by atoms with Crippen molar-refractivity contribution in [2.24, 2.45) is 0 Å². The van der Waals surface area contributed by atoms with E-state index in [1.807, 2.05) is 0 Å². The molecule has 2 aromatic carbocycles. The highest BCUT2D eigenvalue weighted by atomic mass is 32.2. The van der Waals surface area contributed by atoms with Gasteiger partial charge in [0, 0.05) is 17.3 Å². The largest absolute Gasteiger partial charge is 0.497 e. The van der Waals surface area contributed by atoms with Crippen molar-refractivity contribution in [3.05, 3.63) is 59.3 Å². The predicted molar refractivity (Wildman–Crippen MR) is 108 cm³/mol. The average molecular weight is 429 g/mol. The second-order valence-electron chi connectivity index (χ2n) is 6.40. The van der Waals surface area contributed by atoms with E-state index < -0.39 is 16.0 Å². The number of carbonyl (C=O) groups excluding carboxylic acids is 1. The molecule has 1 heterocycles. The summed E-state index contributed by atoms with van der Waals surface area (Å²) in [5.74, 6) is 0.961. The summed E-state index contributed by atoms with van der Waals surface area (Å²) in [6, 6.07) is 9.48. The molecule has 0 unspecified atom stereocenters. The SMILES string of the molecule is CCOC(=O)C1=Cc2ccc3c(c2/C1=C/NS(=O)(=O)c1ccc(OC)cc1)OCO3. The highest BCUT2D eigenvalue weighted by Gasteiger charge is 2.32. The summed E-state index contributed by atoms with van der Waals surface area (Å²) >= 11 is 0. The molecule has 1 aliphatic carbocycles. The van der Waals surface area contributed by atoms with Crippen LogP contribution in [0, 0.1) is 0 Å². The molecule has 0 amide bonds. The third-order valence-corrected chi connectivity index (χ3v) is 5.98. The van der Waals surface area contributed by atoms with Crippen molar-refractivity contribution in [1.29, 1.82) is 0 Å². The smallest absolute Gasteiger partial charge is 0.338 e. The number of fused-ring (bicyclic) bond motifs is 3. The van der Waals surface area contributed by atoms with Gasteiger partial charge in [0.05, 0.1) is 24.2 Å². The fraction of sp³-hybridized carbons (Fsp3) is 0.190. The van der Waals surface area contributed by atoms with Crippen molar-refractivity contribution >= 4 is 27.6 Å². The van der Waals surface area contributed by atoms with Gasteiger partial charge in [-0.15, -0.1) is 0 Å². The van der Waals surface area contributed by atoms with Crippen molar-refractivity contribution in [3.63, 3.8) is 0 Å². The maximum absolute atomic E-state index is 12.7. The van der Waals surface area contributed by atoms with Crippen LogP contribution >= 0.6 is 0 Å². The van der Waals surface area contributed by atoms with Crippen LogP contribution < -0.4 is 18.9 Å². The highest BCUT2D eigenvalue weighted by Crippen LogP contribution is 2.47. The maximum atomic E-state index is 12.7. The zero-order valence-electron chi connectivity index (χ0n) is 16.3. The number of methoxy groups -OCH3 is 1. The average Bonchev–Trinajstić information content (AvgIpc) is 3.36. The predicted octanol–water partition coefficient (Wildman–Crippen LogP) is 2.70. The van der Waals surface area contributed by atoms with Gasteiger partial charge >= 0.3 is 5.97 Å². The van der Waals surface area contributed by atoms with Gasteiger partial charge in [-0.05, 0) is 48.9 Å². The number of esters is 1. The fourth-order valence-corrected chi connectivity index (χ4v) is 4.14. The fourth-order valence-electron chi connectivity index (χ4n) is 3.24. The Morgan fingerprint density at radius 2 is 1.93 bits per heavy atom. The first kappa shape index (κ1) is 19.8. The number of ether oxygens (including phenoxy) is 4. The minimum atomic E-state index is -3.88. The number of hydrogen-bond acceptors (Lipinski definition) is 7. The molecule has 8 nitrogen and oxygen atoms in total. The summed E-state index contributed by atoms with van der Waals surface area (Å²) < 4.78 is 49.1. The lowest BCUT2D eigenvalue weighted by molar-refractivity contribution is -0.137. The van der Waals surface area contributed by atoms with Gasteiger partial charge in [-0.25, -0.2) is 13.2 Å². The standard InChI is InChI=1S/C21H19NO7S/c1-3-27-21(23)16-10-13-4-9-18-20(29-12-28-18)19(13)17(16)11-22-30(24,25)15-7-5-14(26-2)6-8-15/h4-11,22H,3,12H2,1-2H3/b17-11+. The van der Waals surface area contributed by atoms with E-state index in [2.05, 4.69) is 4.72 Å². The van der Waals surface area contributed by atoms with Crippen molar-refractivity contribution in [2.45, 2.75) is 11.8 Å². The second kappa shape index (κ2) is 7.75. The van der Waals surface area contributed by atoms with Gasteiger partial charge in [0.2, 0.25) is 6.79 Å². The Labute approximate surface area is 173 Å². The van der Waals surface area contributed by atoms with Crippen molar-refractivity contribution in [1.82, 2.24) is 4.72 Å². The first-order valence-electron chi connectivity index (χ1n) is 9.13. The van der Waals surface area contributed by atoms with E-state index in [9.17, 15) is 13.2 Å². The number of hydrogen-bond donors (Lipinski definition) is 1. The second-order valence-corrected chi connectivity index (χ2v) is 8.11. The molecule has 0 saturated heterocycles. The monoisotopic (exact) mass is 429 g/mol. The van der Waals surface area contributed by atoms with Crippen LogP contribution in [0.3, 0.4) is 0 Å². The number of rotatable bonds is 6. The Morgan fingerprint density at radius 1 is 1.17 bits per heavy atom. The first-order valence-corrected chi connectivity index (χ1v) is 10.6. The van der Waals surface area contributed by atoms with Gasteiger partial charge in [0.25, 0.3) is 10.0 Å².